The number of dihydropyridines is 1. The number of carboxylic acid groups (broad SMARTS) is 1. The van der Waals surface area contributed by atoms with Gasteiger partial charge in [0, 0.05) is 6.21 Å². The first-order valence-electron chi connectivity index (χ1n) is 4.13. The van der Waals surface area contributed by atoms with Crippen LogP contribution >= 0.6 is 0 Å². The first-order valence-corrected chi connectivity index (χ1v) is 4.13. The van der Waals surface area contributed by atoms with Gasteiger partial charge in [-0.2, -0.15) is 0 Å². The lowest BCUT2D eigenvalue weighted by atomic mass is 9.98. The van der Waals surface area contributed by atoms with Crippen LogP contribution in [0, 0.1) is 5.92 Å². The number of hydrogen-bond donors (Lipinski definition) is 1. The van der Waals surface area contributed by atoms with E-state index in [2.05, 4.69) is 4.99 Å². The predicted octanol–water partition coefficient (Wildman–Crippen LogP) is 1.54. The molecule has 0 radical (unpaired) electrons. The van der Waals surface area contributed by atoms with Gasteiger partial charge in [-0.15, -0.1) is 0 Å². The third kappa shape index (κ3) is 1.45. The van der Waals surface area contributed by atoms with Crippen LogP contribution in [-0.4, -0.2) is 17.3 Å². The van der Waals surface area contributed by atoms with E-state index in [9.17, 15) is 4.79 Å². The minimum atomic E-state index is -0.853. The summed E-state index contributed by atoms with van der Waals surface area (Å²) in [6.45, 7) is 0. The van der Waals surface area contributed by atoms with Crippen LogP contribution in [0.4, 0.5) is 0 Å². The number of rotatable bonds is 1. The van der Waals surface area contributed by atoms with Gasteiger partial charge in [0.25, 0.3) is 0 Å². The van der Waals surface area contributed by atoms with Crippen LogP contribution in [0.5, 0.6) is 0 Å². The SMILES string of the molecule is O=C(O)C1C=NC2=CCC=CC2=C1. The van der Waals surface area contributed by atoms with Crippen LogP contribution in [0.2, 0.25) is 0 Å². The summed E-state index contributed by atoms with van der Waals surface area (Å²) in [5.41, 5.74) is 1.81. The van der Waals surface area contributed by atoms with Crippen LogP contribution in [0.15, 0.2) is 40.6 Å². The highest BCUT2D eigenvalue weighted by Gasteiger charge is 2.18. The standard InChI is InChI=1S/C10H9NO2/c12-10(13)8-5-7-3-1-2-4-9(7)11-6-8/h1,3-6,8H,2H2,(H,12,13). The first kappa shape index (κ1) is 7.98. The third-order valence-electron chi connectivity index (χ3n) is 2.06. The third-order valence-corrected chi connectivity index (χ3v) is 2.06. The molecule has 0 spiro atoms. The molecule has 3 heteroatoms. The van der Waals surface area contributed by atoms with E-state index < -0.39 is 11.9 Å². The van der Waals surface area contributed by atoms with Crippen molar-refractivity contribution < 1.29 is 9.90 Å². The smallest absolute Gasteiger partial charge is 0.315 e. The summed E-state index contributed by atoms with van der Waals surface area (Å²) >= 11 is 0. The molecule has 1 N–H and O–H groups in total. The highest BCUT2D eigenvalue weighted by Crippen LogP contribution is 2.24. The Morgan fingerprint density at radius 3 is 3.23 bits per heavy atom. The first-order chi connectivity index (χ1) is 6.27. The van der Waals surface area contributed by atoms with Crippen LogP contribution in [0.1, 0.15) is 6.42 Å². The number of carbonyl (C=O) groups is 1. The van der Waals surface area contributed by atoms with Gasteiger partial charge in [0.1, 0.15) is 5.92 Å². The topological polar surface area (TPSA) is 49.7 Å². The summed E-state index contributed by atoms with van der Waals surface area (Å²) in [6.07, 6.45) is 9.96. The van der Waals surface area contributed by atoms with Crippen LogP contribution in [0.3, 0.4) is 0 Å². The highest BCUT2D eigenvalue weighted by molar-refractivity contribution is 5.93. The van der Waals surface area contributed by atoms with E-state index in [1.807, 2.05) is 18.2 Å². The van der Waals surface area contributed by atoms with E-state index in [1.54, 1.807) is 6.08 Å². The molecule has 1 aliphatic carbocycles. The molecule has 0 fully saturated rings. The number of carboxylic acids is 1. The van der Waals surface area contributed by atoms with Crippen molar-refractivity contribution >= 4 is 12.2 Å². The molecule has 1 unspecified atom stereocenters. The molecule has 66 valence electrons. The molecule has 2 aliphatic rings. The number of fused-ring (bicyclic) bond motifs is 1. The predicted molar refractivity (Wildman–Crippen MR) is 49.5 cm³/mol. The summed E-state index contributed by atoms with van der Waals surface area (Å²) in [7, 11) is 0. The summed E-state index contributed by atoms with van der Waals surface area (Å²) < 4.78 is 0. The zero-order valence-corrected chi connectivity index (χ0v) is 6.97. The fraction of sp³-hybridized carbons (Fsp3) is 0.200. The Hall–Kier alpha value is -1.64. The minimum absolute atomic E-state index is 0.574. The number of hydrogen-bond acceptors (Lipinski definition) is 2. The van der Waals surface area contributed by atoms with Gasteiger partial charge in [0.2, 0.25) is 0 Å². The zero-order chi connectivity index (χ0) is 9.26. The lowest BCUT2D eigenvalue weighted by Crippen LogP contribution is -2.16. The fourth-order valence-electron chi connectivity index (χ4n) is 1.38. The maximum atomic E-state index is 10.6. The maximum absolute atomic E-state index is 10.6. The average molecular weight is 175 g/mol. The van der Waals surface area contributed by atoms with Crippen molar-refractivity contribution in [3.05, 3.63) is 35.6 Å². The van der Waals surface area contributed by atoms with Crippen molar-refractivity contribution in [2.45, 2.75) is 6.42 Å². The molecule has 0 saturated carbocycles. The second-order valence-corrected chi connectivity index (χ2v) is 2.99. The molecule has 1 heterocycles. The molecular formula is C10H9NO2. The van der Waals surface area contributed by atoms with Gasteiger partial charge in [-0.1, -0.05) is 24.3 Å². The van der Waals surface area contributed by atoms with Crippen molar-refractivity contribution in [1.82, 2.24) is 0 Å². The highest BCUT2D eigenvalue weighted by atomic mass is 16.4. The van der Waals surface area contributed by atoms with Gasteiger partial charge in [-0.05, 0) is 12.0 Å². The van der Waals surface area contributed by atoms with Crippen LogP contribution in [-0.2, 0) is 4.79 Å². The zero-order valence-electron chi connectivity index (χ0n) is 6.97. The Morgan fingerprint density at radius 2 is 2.46 bits per heavy atom. The van der Waals surface area contributed by atoms with E-state index in [0.29, 0.717) is 0 Å². The maximum Gasteiger partial charge on any atom is 0.315 e. The van der Waals surface area contributed by atoms with E-state index in [0.717, 1.165) is 17.7 Å². The second kappa shape index (κ2) is 3.01. The van der Waals surface area contributed by atoms with Crippen molar-refractivity contribution in [1.29, 1.82) is 0 Å². The Bertz CT molecular complexity index is 361. The lowest BCUT2D eigenvalue weighted by Gasteiger charge is -2.14. The largest absolute Gasteiger partial charge is 0.481 e. The van der Waals surface area contributed by atoms with Crippen LogP contribution in [0.25, 0.3) is 0 Å². The van der Waals surface area contributed by atoms with Gasteiger partial charge >= 0.3 is 5.97 Å². The summed E-state index contributed by atoms with van der Waals surface area (Å²) in [6, 6.07) is 0. The van der Waals surface area contributed by atoms with Gasteiger partial charge in [0.05, 0.1) is 5.70 Å². The van der Waals surface area contributed by atoms with E-state index >= 15 is 0 Å². The molecule has 0 saturated heterocycles. The molecule has 0 bridgehead atoms. The fourth-order valence-corrected chi connectivity index (χ4v) is 1.38. The van der Waals surface area contributed by atoms with Crippen molar-refractivity contribution in [3.8, 4) is 0 Å². The van der Waals surface area contributed by atoms with Crippen LogP contribution < -0.4 is 0 Å². The molecule has 1 atom stereocenters. The van der Waals surface area contributed by atoms with Gasteiger partial charge in [0.15, 0.2) is 0 Å². The van der Waals surface area contributed by atoms with Gasteiger partial charge < -0.3 is 5.11 Å². The molecule has 0 amide bonds. The summed E-state index contributed by atoms with van der Waals surface area (Å²) in [5.74, 6) is -1.43. The van der Waals surface area contributed by atoms with Gasteiger partial charge in [-0.3, -0.25) is 9.79 Å². The molecule has 0 aromatic carbocycles. The second-order valence-electron chi connectivity index (χ2n) is 2.99. The molecule has 0 aromatic heterocycles. The van der Waals surface area contributed by atoms with Gasteiger partial charge in [-0.25, -0.2) is 0 Å². The number of aliphatic imine (C=N–C) groups is 1. The lowest BCUT2D eigenvalue weighted by molar-refractivity contribution is -0.137. The Labute approximate surface area is 75.8 Å². The number of allylic oxidation sites excluding steroid dienone is 3. The van der Waals surface area contributed by atoms with E-state index in [1.165, 1.54) is 6.21 Å². The molecule has 13 heavy (non-hydrogen) atoms. The molecule has 2 rings (SSSR count). The molecule has 3 nitrogen and oxygen atoms in total. The van der Waals surface area contributed by atoms with Crippen molar-refractivity contribution in [2.75, 3.05) is 0 Å². The summed E-state index contributed by atoms with van der Waals surface area (Å²) in [5, 5.41) is 8.75. The van der Waals surface area contributed by atoms with Crippen molar-refractivity contribution in [2.24, 2.45) is 10.9 Å². The Balaban J connectivity index is 2.31. The van der Waals surface area contributed by atoms with E-state index in [-0.39, 0.29) is 0 Å². The molecular weight excluding hydrogens is 166 g/mol. The monoisotopic (exact) mass is 175 g/mol. The normalized spacial score (nSPS) is 24.8. The minimum Gasteiger partial charge on any atom is -0.481 e. The van der Waals surface area contributed by atoms with E-state index in [4.69, 9.17) is 5.11 Å². The number of aliphatic carboxylic acids is 1. The molecule has 0 aromatic rings. The Morgan fingerprint density at radius 1 is 1.62 bits per heavy atom. The summed E-state index contributed by atoms with van der Waals surface area (Å²) in [4.78, 5) is 14.7. The quantitative estimate of drug-likeness (QED) is 0.657. The Kier molecular flexibility index (Phi) is 1.85. The average Bonchev–Trinajstić information content (AvgIpc) is 2.17. The molecule has 1 aliphatic heterocycles. The van der Waals surface area contributed by atoms with Crippen molar-refractivity contribution in [3.63, 3.8) is 0 Å². The number of nitrogens with zero attached hydrogens (tertiary/aromatic N) is 1.